The van der Waals surface area contributed by atoms with Crippen molar-refractivity contribution in [3.63, 3.8) is 0 Å². The van der Waals surface area contributed by atoms with Crippen LogP contribution in [0.25, 0.3) is 0 Å². The van der Waals surface area contributed by atoms with Crippen molar-refractivity contribution in [2.75, 3.05) is 25.5 Å². The molecule has 0 aromatic carbocycles. The molecular weight excluding hydrogens is 306 g/mol. The molecule has 1 N–H and O–H groups in total. The number of hydrogen-bond donors (Lipinski definition) is 1. The lowest BCUT2D eigenvalue weighted by atomic mass is 10.1. The summed E-state index contributed by atoms with van der Waals surface area (Å²) in [5.74, 6) is 2.02. The molecule has 1 fully saturated rings. The van der Waals surface area contributed by atoms with Crippen LogP contribution in [0.2, 0.25) is 0 Å². The molecule has 1 unspecified atom stereocenters. The maximum Gasteiger partial charge on any atom is 0.261 e. The molecule has 7 heteroatoms. The summed E-state index contributed by atoms with van der Waals surface area (Å²) >= 11 is 0. The summed E-state index contributed by atoms with van der Waals surface area (Å²) in [5, 5.41) is 3.04. The van der Waals surface area contributed by atoms with E-state index in [2.05, 4.69) is 20.3 Å². The first kappa shape index (κ1) is 16.2. The van der Waals surface area contributed by atoms with Crippen LogP contribution < -0.4 is 10.1 Å². The Bertz CT molecular complexity index is 707. The Morgan fingerprint density at radius 1 is 1.46 bits per heavy atom. The van der Waals surface area contributed by atoms with E-state index in [9.17, 15) is 4.79 Å². The van der Waals surface area contributed by atoms with Crippen molar-refractivity contribution in [3.8, 4) is 5.75 Å². The van der Waals surface area contributed by atoms with Crippen molar-refractivity contribution in [1.29, 1.82) is 0 Å². The summed E-state index contributed by atoms with van der Waals surface area (Å²) in [4.78, 5) is 27.2. The Kier molecular flexibility index (Phi) is 4.88. The van der Waals surface area contributed by atoms with Crippen LogP contribution in [0.15, 0.2) is 30.6 Å². The standard InChI is InChI=1S/C17H21N5O2/c1-12-20-14(9-16(18-2)21-12)15-6-4-8-22(15)17(23)11-24-13-5-3-7-19-10-13/h3,5,7,9-10,15H,4,6,8,11H2,1-2H3,(H,18,20,21). The SMILES string of the molecule is CNc1cc(C2CCCN2C(=O)COc2cccnc2)nc(C)n1. The van der Waals surface area contributed by atoms with E-state index in [-0.39, 0.29) is 18.6 Å². The smallest absolute Gasteiger partial charge is 0.261 e. The Labute approximate surface area is 141 Å². The average Bonchev–Trinajstić information content (AvgIpc) is 3.10. The number of rotatable bonds is 5. The molecule has 3 heterocycles. The molecule has 0 saturated carbocycles. The molecule has 2 aromatic rings. The molecule has 3 rings (SSSR count). The fourth-order valence-electron chi connectivity index (χ4n) is 2.92. The highest BCUT2D eigenvalue weighted by molar-refractivity contribution is 5.78. The van der Waals surface area contributed by atoms with Crippen molar-refractivity contribution in [1.82, 2.24) is 19.9 Å². The molecule has 0 aliphatic carbocycles. The normalized spacial score (nSPS) is 16.9. The lowest BCUT2D eigenvalue weighted by Gasteiger charge is -2.24. The van der Waals surface area contributed by atoms with Gasteiger partial charge < -0.3 is 15.0 Å². The highest BCUT2D eigenvalue weighted by atomic mass is 16.5. The highest BCUT2D eigenvalue weighted by Crippen LogP contribution is 2.31. The number of carbonyl (C=O) groups excluding carboxylic acids is 1. The Hall–Kier alpha value is -2.70. The molecule has 7 nitrogen and oxygen atoms in total. The third-order valence-corrected chi connectivity index (χ3v) is 4.03. The highest BCUT2D eigenvalue weighted by Gasteiger charge is 2.31. The fraction of sp³-hybridized carbons (Fsp3) is 0.412. The molecule has 1 aliphatic heterocycles. The summed E-state index contributed by atoms with van der Waals surface area (Å²) in [6.45, 7) is 2.58. The van der Waals surface area contributed by atoms with Gasteiger partial charge in [0, 0.05) is 25.9 Å². The van der Waals surface area contributed by atoms with Crippen LogP contribution in [-0.2, 0) is 4.79 Å². The van der Waals surface area contributed by atoms with Gasteiger partial charge in [-0.05, 0) is 31.9 Å². The van der Waals surface area contributed by atoms with Gasteiger partial charge in [0.1, 0.15) is 17.4 Å². The summed E-state index contributed by atoms with van der Waals surface area (Å²) in [6.07, 6.45) is 5.13. The maximum absolute atomic E-state index is 12.6. The molecule has 126 valence electrons. The number of amides is 1. The molecule has 1 aliphatic rings. The number of nitrogens with zero attached hydrogens (tertiary/aromatic N) is 4. The summed E-state index contributed by atoms with van der Waals surface area (Å²) in [6, 6.07) is 5.45. The number of aromatic nitrogens is 3. The lowest BCUT2D eigenvalue weighted by Crippen LogP contribution is -2.35. The van der Waals surface area contributed by atoms with Gasteiger partial charge in [0.2, 0.25) is 0 Å². The van der Waals surface area contributed by atoms with E-state index in [4.69, 9.17) is 4.74 Å². The minimum absolute atomic E-state index is 0.00510. The average molecular weight is 327 g/mol. The third-order valence-electron chi connectivity index (χ3n) is 4.03. The zero-order chi connectivity index (χ0) is 16.9. The monoisotopic (exact) mass is 327 g/mol. The minimum Gasteiger partial charge on any atom is -0.482 e. The number of ether oxygens (including phenoxy) is 1. The molecule has 0 spiro atoms. The molecule has 0 bridgehead atoms. The molecule has 1 amide bonds. The lowest BCUT2D eigenvalue weighted by molar-refractivity contribution is -0.134. The third kappa shape index (κ3) is 3.61. The number of hydrogen-bond acceptors (Lipinski definition) is 6. The number of aryl methyl sites for hydroxylation is 1. The molecule has 1 atom stereocenters. The zero-order valence-electron chi connectivity index (χ0n) is 13.9. The van der Waals surface area contributed by atoms with Crippen LogP contribution in [0.3, 0.4) is 0 Å². The van der Waals surface area contributed by atoms with Crippen molar-refractivity contribution < 1.29 is 9.53 Å². The van der Waals surface area contributed by atoms with E-state index >= 15 is 0 Å². The quantitative estimate of drug-likeness (QED) is 0.904. The largest absolute Gasteiger partial charge is 0.482 e. The van der Waals surface area contributed by atoms with E-state index in [0.717, 1.165) is 30.9 Å². The number of carbonyl (C=O) groups is 1. The molecule has 2 aromatic heterocycles. The van der Waals surface area contributed by atoms with Crippen molar-refractivity contribution >= 4 is 11.7 Å². The fourth-order valence-corrected chi connectivity index (χ4v) is 2.92. The zero-order valence-corrected chi connectivity index (χ0v) is 13.9. The molecule has 24 heavy (non-hydrogen) atoms. The van der Waals surface area contributed by atoms with Gasteiger partial charge >= 0.3 is 0 Å². The van der Waals surface area contributed by atoms with E-state index in [1.807, 2.05) is 24.9 Å². The van der Waals surface area contributed by atoms with Gasteiger partial charge in [-0.3, -0.25) is 9.78 Å². The van der Waals surface area contributed by atoms with Gasteiger partial charge in [-0.15, -0.1) is 0 Å². The van der Waals surface area contributed by atoms with E-state index in [1.165, 1.54) is 0 Å². The molecule has 0 radical (unpaired) electrons. The number of likely N-dealkylation sites (tertiary alicyclic amines) is 1. The summed E-state index contributed by atoms with van der Waals surface area (Å²) < 4.78 is 5.53. The number of nitrogens with one attached hydrogen (secondary N) is 1. The number of anilines is 1. The van der Waals surface area contributed by atoms with Crippen LogP contribution in [0.1, 0.15) is 30.4 Å². The van der Waals surface area contributed by atoms with Gasteiger partial charge in [-0.1, -0.05) is 0 Å². The van der Waals surface area contributed by atoms with E-state index < -0.39 is 0 Å². The van der Waals surface area contributed by atoms with Gasteiger partial charge in [-0.2, -0.15) is 0 Å². The molecule has 1 saturated heterocycles. The van der Waals surface area contributed by atoms with E-state index in [1.54, 1.807) is 24.5 Å². The van der Waals surface area contributed by atoms with Crippen molar-refractivity contribution in [2.24, 2.45) is 0 Å². The first-order valence-electron chi connectivity index (χ1n) is 8.03. The van der Waals surface area contributed by atoms with Crippen LogP contribution >= 0.6 is 0 Å². The predicted octanol–water partition coefficient (Wildman–Crippen LogP) is 1.96. The molecular formula is C17H21N5O2. The Morgan fingerprint density at radius 2 is 2.33 bits per heavy atom. The van der Waals surface area contributed by atoms with Gasteiger partial charge in [0.15, 0.2) is 6.61 Å². The first-order chi connectivity index (χ1) is 11.7. The Balaban J connectivity index is 1.71. The predicted molar refractivity (Wildman–Crippen MR) is 89.7 cm³/mol. The second kappa shape index (κ2) is 7.25. The van der Waals surface area contributed by atoms with Crippen LogP contribution in [0.5, 0.6) is 5.75 Å². The summed E-state index contributed by atoms with van der Waals surface area (Å²) in [7, 11) is 1.82. The second-order valence-electron chi connectivity index (χ2n) is 5.70. The van der Waals surface area contributed by atoms with Crippen LogP contribution in [0.4, 0.5) is 5.82 Å². The number of pyridine rings is 1. The maximum atomic E-state index is 12.6. The minimum atomic E-state index is -0.0383. The van der Waals surface area contributed by atoms with Gasteiger partial charge in [0.25, 0.3) is 5.91 Å². The Morgan fingerprint density at radius 3 is 3.08 bits per heavy atom. The van der Waals surface area contributed by atoms with Gasteiger partial charge in [-0.25, -0.2) is 9.97 Å². The van der Waals surface area contributed by atoms with Crippen LogP contribution in [0, 0.1) is 6.92 Å². The topological polar surface area (TPSA) is 80.2 Å². The van der Waals surface area contributed by atoms with Gasteiger partial charge in [0.05, 0.1) is 17.9 Å². The van der Waals surface area contributed by atoms with Crippen LogP contribution in [-0.4, -0.2) is 46.0 Å². The summed E-state index contributed by atoms with van der Waals surface area (Å²) in [5.41, 5.74) is 0.874. The van der Waals surface area contributed by atoms with Crippen molar-refractivity contribution in [2.45, 2.75) is 25.8 Å². The van der Waals surface area contributed by atoms with E-state index in [0.29, 0.717) is 11.6 Å². The van der Waals surface area contributed by atoms with Crippen molar-refractivity contribution in [3.05, 3.63) is 42.1 Å². The second-order valence-corrected chi connectivity index (χ2v) is 5.70. The first-order valence-corrected chi connectivity index (χ1v) is 8.03.